The van der Waals surface area contributed by atoms with Crippen molar-refractivity contribution >= 4 is 60.6 Å². The molecule has 0 aromatic heterocycles. The summed E-state index contributed by atoms with van der Waals surface area (Å²) in [6, 6.07) is 27.6. The Morgan fingerprint density at radius 2 is 0.647 bits per heavy atom. The van der Waals surface area contributed by atoms with Gasteiger partial charge in [-0.3, -0.25) is 0 Å². The van der Waals surface area contributed by atoms with Crippen LogP contribution in [0.5, 0.6) is 0 Å². The molecule has 0 aliphatic heterocycles. The molecule has 2 radical (unpaired) electrons. The summed E-state index contributed by atoms with van der Waals surface area (Å²) in [4.78, 5) is 29.9. The smallest absolute Gasteiger partial charge is 0.545 e. The van der Waals surface area contributed by atoms with Crippen molar-refractivity contribution in [2.75, 3.05) is 0 Å². The van der Waals surface area contributed by atoms with Crippen molar-refractivity contribution in [2.45, 2.75) is 0 Å². The first-order valence-electron chi connectivity index (χ1n) is 9.69. The molecule has 34 heavy (non-hydrogen) atoms. The van der Waals surface area contributed by atoms with Crippen molar-refractivity contribution < 1.29 is 29.7 Å². The summed E-state index contributed by atoms with van der Waals surface area (Å²) in [6.45, 7) is 0. The van der Waals surface area contributed by atoms with Gasteiger partial charge in [-0.2, -0.15) is 0 Å². The van der Waals surface area contributed by atoms with Crippen LogP contribution in [0.1, 0.15) is 16.7 Å². The second-order valence-electron chi connectivity index (χ2n) is 6.19. The van der Waals surface area contributed by atoms with E-state index in [0.717, 1.165) is 34.9 Å². The molecule has 0 unspecified atom stereocenters. The van der Waals surface area contributed by atoms with Crippen LogP contribution < -0.4 is 15.3 Å². The van der Waals surface area contributed by atoms with Crippen LogP contribution in [-0.2, 0) is 14.4 Å². The van der Waals surface area contributed by atoms with Gasteiger partial charge in [-0.15, -0.1) is 0 Å². The molecule has 0 saturated heterocycles. The standard InChI is InChI=1S/3C9H8O2.Sb/c3*10-9(11)7-6-8-4-2-1-3-5-8;/h3*1-7H,(H,10,11);/q;;;+3/p-3/b3*7-6+;. The molecular weight excluding hydrogens is 542 g/mol. The molecule has 6 nitrogen and oxygen atoms in total. The van der Waals surface area contributed by atoms with E-state index in [9.17, 15) is 29.7 Å². The first-order valence-corrected chi connectivity index (χ1v) is 9.69. The van der Waals surface area contributed by atoms with Gasteiger partial charge in [-0.05, 0) is 34.9 Å². The monoisotopic (exact) mass is 562 g/mol. The third kappa shape index (κ3) is 16.8. The zero-order valence-electron chi connectivity index (χ0n) is 18.0. The van der Waals surface area contributed by atoms with Crippen LogP contribution in [0, 0.1) is 0 Å². The van der Waals surface area contributed by atoms with Crippen molar-refractivity contribution in [3.63, 3.8) is 0 Å². The minimum absolute atomic E-state index is 0. The molecule has 3 rings (SSSR count). The topological polar surface area (TPSA) is 120 Å². The van der Waals surface area contributed by atoms with Gasteiger partial charge >= 0.3 is 24.4 Å². The van der Waals surface area contributed by atoms with Crippen molar-refractivity contribution in [3.05, 3.63) is 126 Å². The summed E-state index contributed by atoms with van der Waals surface area (Å²) in [5, 5.41) is 29.9. The third-order valence-electron chi connectivity index (χ3n) is 3.63. The van der Waals surface area contributed by atoms with Gasteiger partial charge in [-0.25, -0.2) is 0 Å². The van der Waals surface area contributed by atoms with Gasteiger partial charge in [0.1, 0.15) is 0 Å². The Balaban J connectivity index is 0.000000473. The fourth-order valence-electron chi connectivity index (χ4n) is 2.19. The van der Waals surface area contributed by atoms with Crippen LogP contribution in [0.3, 0.4) is 0 Å². The molecule has 0 bridgehead atoms. The summed E-state index contributed by atoms with van der Waals surface area (Å²) >= 11 is 0. The maximum atomic E-state index is 9.97. The van der Waals surface area contributed by atoms with Gasteiger partial charge in [-0.1, -0.05) is 109 Å². The predicted octanol–water partition coefficient (Wildman–Crippen LogP) is 0.968. The second-order valence-corrected chi connectivity index (χ2v) is 6.19. The molecule has 0 aliphatic carbocycles. The van der Waals surface area contributed by atoms with E-state index in [0.29, 0.717) is 0 Å². The number of rotatable bonds is 6. The molecule has 0 atom stereocenters. The minimum Gasteiger partial charge on any atom is -0.545 e. The van der Waals surface area contributed by atoms with E-state index in [1.165, 1.54) is 18.2 Å². The van der Waals surface area contributed by atoms with E-state index < -0.39 is 17.9 Å². The first kappa shape index (κ1) is 30.1. The molecule has 0 fully saturated rings. The Labute approximate surface area is 215 Å². The maximum absolute atomic E-state index is 9.97. The minimum atomic E-state index is -1.17. The summed E-state index contributed by atoms with van der Waals surface area (Å²) in [7, 11) is 0. The van der Waals surface area contributed by atoms with Crippen LogP contribution in [0.4, 0.5) is 0 Å². The van der Waals surface area contributed by atoms with Crippen molar-refractivity contribution in [2.24, 2.45) is 0 Å². The number of aliphatic carboxylic acids is 3. The van der Waals surface area contributed by atoms with E-state index in [2.05, 4.69) is 0 Å². The van der Waals surface area contributed by atoms with Gasteiger partial charge < -0.3 is 29.7 Å². The molecule has 3 aromatic rings. The summed E-state index contributed by atoms with van der Waals surface area (Å²) in [5.41, 5.74) is 2.57. The molecule has 0 N–H and O–H groups in total. The Hall–Kier alpha value is -3.89. The SMILES string of the molecule is O=C([O-])/C=C/c1ccccc1.O=C([O-])/C=C/c1ccccc1.O=C([O-])/C=C/c1ccccc1.[Sb+3]. The van der Waals surface area contributed by atoms with Gasteiger partial charge in [0.05, 0.1) is 17.9 Å². The molecular formula is C27H21O6Sb. The molecule has 3 aromatic carbocycles. The zero-order chi connectivity index (χ0) is 24.3. The molecule has 0 heterocycles. The quantitative estimate of drug-likeness (QED) is 0.326. The molecule has 0 spiro atoms. The number of carboxylic acids is 3. The van der Waals surface area contributed by atoms with Crippen LogP contribution in [0.25, 0.3) is 18.2 Å². The van der Waals surface area contributed by atoms with E-state index in [-0.39, 0.29) is 24.4 Å². The number of carbonyl (C=O) groups is 3. The van der Waals surface area contributed by atoms with Crippen LogP contribution in [0.15, 0.2) is 109 Å². The fraction of sp³-hybridized carbons (Fsp3) is 0. The second kappa shape index (κ2) is 18.7. The van der Waals surface area contributed by atoms with E-state index in [4.69, 9.17) is 0 Å². The Bertz CT molecular complexity index is 934. The number of carbonyl (C=O) groups excluding carboxylic acids is 3. The maximum Gasteiger partial charge on any atom is 3.00 e. The number of benzene rings is 3. The first-order chi connectivity index (χ1) is 15.9. The number of hydrogen-bond donors (Lipinski definition) is 0. The number of carboxylic acid groups (broad SMARTS) is 3. The normalized spacial score (nSPS) is 9.88. The summed E-state index contributed by atoms with van der Waals surface area (Å²) in [6.07, 6.45) is 7.51. The van der Waals surface area contributed by atoms with E-state index >= 15 is 0 Å². The summed E-state index contributed by atoms with van der Waals surface area (Å²) < 4.78 is 0. The molecule has 170 valence electrons. The van der Waals surface area contributed by atoms with Gasteiger partial charge in [0, 0.05) is 0 Å². The summed E-state index contributed by atoms with van der Waals surface area (Å²) in [5.74, 6) is -3.52. The van der Waals surface area contributed by atoms with E-state index in [1.807, 2.05) is 91.0 Å². The van der Waals surface area contributed by atoms with Crippen molar-refractivity contribution in [1.82, 2.24) is 0 Å². The molecule has 0 aliphatic rings. The number of hydrogen-bond acceptors (Lipinski definition) is 6. The van der Waals surface area contributed by atoms with Crippen LogP contribution in [0.2, 0.25) is 0 Å². The van der Waals surface area contributed by atoms with Crippen LogP contribution >= 0.6 is 0 Å². The largest absolute Gasteiger partial charge is 3.00 e. The van der Waals surface area contributed by atoms with Crippen molar-refractivity contribution in [3.8, 4) is 0 Å². The Morgan fingerprint density at radius 1 is 0.441 bits per heavy atom. The van der Waals surface area contributed by atoms with Crippen LogP contribution in [-0.4, -0.2) is 42.3 Å². The molecule has 0 amide bonds. The molecule has 0 saturated carbocycles. The predicted molar refractivity (Wildman–Crippen MR) is 127 cm³/mol. The van der Waals surface area contributed by atoms with Crippen molar-refractivity contribution in [1.29, 1.82) is 0 Å². The van der Waals surface area contributed by atoms with E-state index in [1.54, 1.807) is 0 Å². The van der Waals surface area contributed by atoms with Gasteiger partial charge in [0.2, 0.25) is 0 Å². The Morgan fingerprint density at radius 3 is 0.824 bits per heavy atom. The zero-order valence-corrected chi connectivity index (χ0v) is 20.6. The average molecular weight is 563 g/mol. The Kier molecular flexibility index (Phi) is 16.5. The average Bonchev–Trinajstić information content (AvgIpc) is 2.83. The third-order valence-corrected chi connectivity index (χ3v) is 3.63. The fourth-order valence-corrected chi connectivity index (χ4v) is 2.19. The molecule has 7 heteroatoms. The van der Waals surface area contributed by atoms with Gasteiger partial charge in [0.15, 0.2) is 0 Å². The van der Waals surface area contributed by atoms with Gasteiger partial charge in [0.25, 0.3) is 0 Å².